The van der Waals surface area contributed by atoms with Crippen LogP contribution in [0.5, 0.6) is 5.75 Å². The Balaban J connectivity index is 1.13. The van der Waals surface area contributed by atoms with Gasteiger partial charge in [0.15, 0.2) is 0 Å². The van der Waals surface area contributed by atoms with Crippen LogP contribution in [0.2, 0.25) is 0 Å². The first kappa shape index (κ1) is 26.6. The third kappa shape index (κ3) is 7.75. The van der Waals surface area contributed by atoms with Gasteiger partial charge in [-0.15, -0.1) is 0 Å². The van der Waals surface area contributed by atoms with Gasteiger partial charge < -0.3 is 4.74 Å². The molecule has 0 unspecified atom stereocenters. The van der Waals surface area contributed by atoms with Gasteiger partial charge in [-0.3, -0.25) is 0 Å². The monoisotopic (exact) mass is 586 g/mol. The molecule has 0 bridgehead atoms. The minimum Gasteiger partial charge on any atom is -0.423 e. The van der Waals surface area contributed by atoms with E-state index in [1.807, 2.05) is 91.0 Å². The van der Waals surface area contributed by atoms with Gasteiger partial charge in [0.25, 0.3) is 0 Å². The van der Waals surface area contributed by atoms with E-state index in [-0.39, 0.29) is 0 Å². The molecule has 0 N–H and O–H groups in total. The summed E-state index contributed by atoms with van der Waals surface area (Å²) in [6, 6.07) is 39.1. The predicted octanol–water partition coefficient (Wildman–Crippen LogP) is 10.7. The van der Waals surface area contributed by atoms with Gasteiger partial charge in [0.2, 0.25) is 0 Å². The molecule has 0 spiro atoms. The lowest BCUT2D eigenvalue weighted by Gasteiger charge is -2.04. The van der Waals surface area contributed by atoms with E-state index in [2.05, 4.69) is 36.4 Å². The molecule has 0 radical (unpaired) electrons. The van der Waals surface area contributed by atoms with Crippen molar-refractivity contribution in [3.63, 3.8) is 0 Å². The van der Waals surface area contributed by atoms with E-state index < -0.39 is 5.97 Å². The SMILES string of the molecule is O=C(Oc1ccc(N=Nc2ccc(/C=C/c3ccc(N=Nc4ccc(Br)cc4)cc3)cc2)cc1)c1ccccc1. The molecule has 0 aliphatic rings. The van der Waals surface area contributed by atoms with Gasteiger partial charge in [-0.2, -0.15) is 20.5 Å². The molecule has 0 fully saturated rings. The normalized spacial score (nSPS) is 11.4. The van der Waals surface area contributed by atoms with Crippen molar-refractivity contribution >= 4 is 56.8 Å². The number of ether oxygens (including phenoxy) is 1. The standard InChI is InChI=1S/C33H23BrN4O2/c34-27-12-18-30(19-13-27)37-35-28-14-8-24(9-15-28)6-7-25-10-16-29(17-11-25)36-38-31-20-22-32(23-21-31)40-33(39)26-4-2-1-3-5-26/h1-23H/b7-6+,37-35?,38-36?. The summed E-state index contributed by atoms with van der Waals surface area (Å²) < 4.78 is 6.40. The van der Waals surface area contributed by atoms with Gasteiger partial charge in [-0.25, -0.2) is 4.79 Å². The molecule has 194 valence electrons. The Bertz CT molecular complexity index is 1650. The Labute approximate surface area is 240 Å². The Hall–Kier alpha value is -5.01. The number of azo groups is 2. The lowest BCUT2D eigenvalue weighted by atomic mass is 10.1. The molecule has 0 aromatic heterocycles. The molecular weight excluding hydrogens is 564 g/mol. The van der Waals surface area contributed by atoms with Crippen LogP contribution in [0.25, 0.3) is 12.2 Å². The van der Waals surface area contributed by atoms with Gasteiger partial charge >= 0.3 is 5.97 Å². The predicted molar refractivity (Wildman–Crippen MR) is 162 cm³/mol. The van der Waals surface area contributed by atoms with E-state index in [0.717, 1.165) is 32.7 Å². The van der Waals surface area contributed by atoms with Crippen molar-refractivity contribution in [2.45, 2.75) is 0 Å². The minimum absolute atomic E-state index is 0.403. The summed E-state index contributed by atoms with van der Waals surface area (Å²) >= 11 is 3.41. The zero-order valence-electron chi connectivity index (χ0n) is 21.3. The molecule has 5 rings (SSSR count). The summed E-state index contributed by atoms with van der Waals surface area (Å²) in [4.78, 5) is 12.2. The fourth-order valence-electron chi connectivity index (χ4n) is 3.56. The summed E-state index contributed by atoms with van der Waals surface area (Å²) in [5.74, 6) is 0.0453. The molecule has 6 nitrogen and oxygen atoms in total. The van der Waals surface area contributed by atoms with Crippen LogP contribution in [0.3, 0.4) is 0 Å². The third-order valence-electron chi connectivity index (χ3n) is 5.70. The van der Waals surface area contributed by atoms with Crippen molar-refractivity contribution in [2.24, 2.45) is 20.5 Å². The van der Waals surface area contributed by atoms with Gasteiger partial charge in [-0.05, 0) is 96.1 Å². The van der Waals surface area contributed by atoms with Crippen LogP contribution < -0.4 is 4.74 Å². The van der Waals surface area contributed by atoms with Crippen LogP contribution >= 0.6 is 15.9 Å². The highest BCUT2D eigenvalue weighted by molar-refractivity contribution is 9.10. The van der Waals surface area contributed by atoms with Crippen LogP contribution in [0.4, 0.5) is 22.7 Å². The minimum atomic E-state index is -0.403. The molecule has 0 atom stereocenters. The van der Waals surface area contributed by atoms with Crippen molar-refractivity contribution in [1.82, 2.24) is 0 Å². The lowest BCUT2D eigenvalue weighted by molar-refractivity contribution is 0.0735. The second-order valence-corrected chi connectivity index (χ2v) is 9.56. The van der Waals surface area contributed by atoms with E-state index in [1.54, 1.807) is 48.5 Å². The molecule has 0 amide bonds. The fraction of sp³-hybridized carbons (Fsp3) is 0. The zero-order chi connectivity index (χ0) is 27.6. The maximum Gasteiger partial charge on any atom is 0.343 e. The molecule has 7 heteroatoms. The summed E-state index contributed by atoms with van der Waals surface area (Å²) in [6.07, 6.45) is 4.08. The van der Waals surface area contributed by atoms with Gasteiger partial charge in [0.05, 0.1) is 28.3 Å². The first-order valence-corrected chi connectivity index (χ1v) is 13.2. The summed E-state index contributed by atoms with van der Waals surface area (Å²) in [7, 11) is 0. The van der Waals surface area contributed by atoms with Gasteiger partial charge in [0.1, 0.15) is 5.75 Å². The number of hydrogen-bond donors (Lipinski definition) is 0. The Morgan fingerprint density at radius 2 is 0.925 bits per heavy atom. The number of hydrogen-bond acceptors (Lipinski definition) is 6. The smallest absolute Gasteiger partial charge is 0.343 e. The van der Waals surface area contributed by atoms with Gasteiger partial charge in [-0.1, -0.05) is 70.5 Å². The van der Waals surface area contributed by atoms with Crippen LogP contribution in [0.1, 0.15) is 21.5 Å². The molecule has 0 heterocycles. The van der Waals surface area contributed by atoms with Crippen LogP contribution in [0.15, 0.2) is 152 Å². The van der Waals surface area contributed by atoms with Crippen molar-refractivity contribution in [2.75, 3.05) is 0 Å². The molecule has 40 heavy (non-hydrogen) atoms. The van der Waals surface area contributed by atoms with E-state index in [0.29, 0.717) is 17.0 Å². The van der Waals surface area contributed by atoms with E-state index in [4.69, 9.17) is 4.74 Å². The molecular formula is C33H23BrN4O2. The van der Waals surface area contributed by atoms with E-state index in [1.165, 1.54) is 0 Å². The zero-order valence-corrected chi connectivity index (χ0v) is 22.8. The molecule has 0 saturated heterocycles. The van der Waals surface area contributed by atoms with E-state index >= 15 is 0 Å². The number of nitrogens with zero attached hydrogens (tertiary/aromatic N) is 4. The molecule has 0 aliphatic carbocycles. The maximum absolute atomic E-state index is 12.2. The molecule has 0 saturated carbocycles. The highest BCUT2D eigenvalue weighted by atomic mass is 79.9. The highest BCUT2D eigenvalue weighted by Crippen LogP contribution is 2.24. The number of carbonyl (C=O) groups excluding carboxylic acids is 1. The van der Waals surface area contributed by atoms with Crippen LogP contribution in [-0.2, 0) is 0 Å². The number of halogens is 1. The maximum atomic E-state index is 12.2. The topological polar surface area (TPSA) is 75.7 Å². The first-order chi connectivity index (χ1) is 19.6. The van der Waals surface area contributed by atoms with Crippen molar-refractivity contribution < 1.29 is 9.53 Å². The number of benzene rings is 5. The van der Waals surface area contributed by atoms with Crippen molar-refractivity contribution in [3.8, 4) is 5.75 Å². The lowest BCUT2D eigenvalue weighted by Crippen LogP contribution is -2.07. The molecule has 5 aromatic carbocycles. The second-order valence-electron chi connectivity index (χ2n) is 8.64. The largest absolute Gasteiger partial charge is 0.423 e. The Kier molecular flexibility index (Phi) is 8.76. The summed E-state index contributed by atoms with van der Waals surface area (Å²) in [5.41, 5.74) is 5.58. The Morgan fingerprint density at radius 3 is 1.38 bits per heavy atom. The second kappa shape index (κ2) is 13.2. The van der Waals surface area contributed by atoms with Crippen LogP contribution in [-0.4, -0.2) is 5.97 Å². The Morgan fingerprint density at radius 1 is 0.525 bits per heavy atom. The third-order valence-corrected chi connectivity index (χ3v) is 6.23. The summed E-state index contributed by atoms with van der Waals surface area (Å²) in [6.45, 7) is 0. The summed E-state index contributed by atoms with van der Waals surface area (Å²) in [5, 5.41) is 17.1. The average Bonchev–Trinajstić information content (AvgIpc) is 3.01. The molecule has 0 aliphatic heterocycles. The highest BCUT2D eigenvalue weighted by Gasteiger charge is 2.07. The molecule has 5 aromatic rings. The average molecular weight is 587 g/mol. The first-order valence-electron chi connectivity index (χ1n) is 12.5. The quantitative estimate of drug-likeness (QED) is 0.0784. The number of esters is 1. The van der Waals surface area contributed by atoms with Crippen molar-refractivity contribution in [1.29, 1.82) is 0 Å². The van der Waals surface area contributed by atoms with Gasteiger partial charge in [0, 0.05) is 4.47 Å². The number of carbonyl (C=O) groups is 1. The van der Waals surface area contributed by atoms with E-state index in [9.17, 15) is 4.79 Å². The van der Waals surface area contributed by atoms with Crippen LogP contribution in [0, 0.1) is 0 Å². The van der Waals surface area contributed by atoms with Crippen molar-refractivity contribution in [3.05, 3.63) is 149 Å². The number of rotatable bonds is 8. The fourth-order valence-corrected chi connectivity index (χ4v) is 3.82.